The largest absolute Gasteiger partial charge is 0.496 e. The molecule has 3 nitrogen and oxygen atoms in total. The van der Waals surface area contributed by atoms with Gasteiger partial charge in [0.25, 0.3) is 5.91 Å². The highest BCUT2D eigenvalue weighted by atomic mass is 35.5. The second-order valence-electron chi connectivity index (χ2n) is 5.22. The van der Waals surface area contributed by atoms with Crippen LogP contribution >= 0.6 is 22.9 Å². The number of amides is 1. The normalized spacial score (nSPS) is 13.2. The summed E-state index contributed by atoms with van der Waals surface area (Å²) >= 11 is 7.17. The van der Waals surface area contributed by atoms with Crippen molar-refractivity contribution in [3.8, 4) is 5.75 Å². The van der Waals surface area contributed by atoms with Crippen LogP contribution in [0.5, 0.6) is 5.75 Å². The number of nitrogens with one attached hydrogen (secondary N) is 1. The molecule has 0 saturated carbocycles. The Morgan fingerprint density at radius 3 is 2.67 bits per heavy atom. The number of methoxy groups -OCH3 is 1. The lowest BCUT2D eigenvalue weighted by atomic mass is 9.85. The fourth-order valence-electron chi connectivity index (χ4n) is 1.61. The van der Waals surface area contributed by atoms with E-state index in [4.69, 9.17) is 16.3 Å². The van der Waals surface area contributed by atoms with Crippen LogP contribution in [0.15, 0.2) is 11.4 Å². The monoisotopic (exact) mass is 289 g/mol. The van der Waals surface area contributed by atoms with Gasteiger partial charge in [-0.15, -0.1) is 22.9 Å². The van der Waals surface area contributed by atoms with Crippen LogP contribution in [-0.4, -0.2) is 24.9 Å². The molecule has 5 heteroatoms. The van der Waals surface area contributed by atoms with Crippen molar-refractivity contribution in [1.82, 2.24) is 5.32 Å². The van der Waals surface area contributed by atoms with Crippen molar-refractivity contribution in [2.75, 3.05) is 13.0 Å². The van der Waals surface area contributed by atoms with E-state index in [0.29, 0.717) is 10.8 Å². The number of thiophene rings is 1. The second kappa shape index (κ2) is 6.43. The third-order valence-electron chi connectivity index (χ3n) is 2.78. The van der Waals surface area contributed by atoms with Gasteiger partial charge in [0.05, 0.1) is 12.0 Å². The van der Waals surface area contributed by atoms with Crippen LogP contribution in [0.2, 0.25) is 0 Å². The predicted octanol–water partition coefficient (Wildman–Crippen LogP) is 3.53. The Bertz CT molecular complexity index is 398. The number of ether oxygens (including phenoxy) is 1. The average Bonchev–Trinajstić information content (AvgIpc) is 2.75. The van der Waals surface area contributed by atoms with Crippen molar-refractivity contribution in [3.63, 3.8) is 0 Å². The molecular weight excluding hydrogens is 270 g/mol. The molecule has 1 N–H and O–H groups in total. The van der Waals surface area contributed by atoms with E-state index in [1.807, 2.05) is 5.38 Å². The molecule has 0 aromatic carbocycles. The zero-order chi connectivity index (χ0) is 13.8. The summed E-state index contributed by atoms with van der Waals surface area (Å²) in [6.45, 7) is 6.29. The molecule has 0 bridgehead atoms. The van der Waals surface area contributed by atoms with Crippen LogP contribution < -0.4 is 10.1 Å². The molecule has 18 heavy (non-hydrogen) atoms. The summed E-state index contributed by atoms with van der Waals surface area (Å²) in [5, 5.41) is 4.87. The SMILES string of the molecule is COc1csc(C(=O)NC(CCCl)C(C)(C)C)c1. The van der Waals surface area contributed by atoms with E-state index >= 15 is 0 Å². The number of rotatable bonds is 5. The average molecular weight is 290 g/mol. The van der Waals surface area contributed by atoms with E-state index in [9.17, 15) is 4.79 Å². The van der Waals surface area contributed by atoms with Crippen molar-refractivity contribution in [1.29, 1.82) is 0 Å². The fraction of sp³-hybridized carbons (Fsp3) is 0.615. The first kappa shape index (κ1) is 15.3. The molecule has 0 spiro atoms. The van der Waals surface area contributed by atoms with Gasteiger partial charge in [-0.05, 0) is 11.8 Å². The van der Waals surface area contributed by atoms with Crippen molar-refractivity contribution in [3.05, 3.63) is 16.3 Å². The minimum absolute atomic E-state index is 0.00804. The quantitative estimate of drug-likeness (QED) is 0.842. The molecule has 0 aliphatic heterocycles. The molecule has 1 aromatic rings. The lowest BCUT2D eigenvalue weighted by Gasteiger charge is -2.30. The molecular formula is C13H20ClNO2S. The highest BCUT2D eigenvalue weighted by Crippen LogP contribution is 2.25. The molecule has 0 aliphatic rings. The maximum Gasteiger partial charge on any atom is 0.261 e. The van der Waals surface area contributed by atoms with Gasteiger partial charge in [-0.25, -0.2) is 0 Å². The smallest absolute Gasteiger partial charge is 0.261 e. The molecule has 1 atom stereocenters. The zero-order valence-electron chi connectivity index (χ0n) is 11.2. The summed E-state index contributed by atoms with van der Waals surface area (Å²) in [5.74, 6) is 1.19. The van der Waals surface area contributed by atoms with Crippen LogP contribution in [0, 0.1) is 5.41 Å². The van der Waals surface area contributed by atoms with Crippen LogP contribution in [0.4, 0.5) is 0 Å². The molecule has 0 saturated heterocycles. The summed E-state index contributed by atoms with van der Waals surface area (Å²) in [6, 6.07) is 1.82. The molecule has 1 aromatic heterocycles. The first-order valence-electron chi connectivity index (χ1n) is 5.88. The third-order valence-corrected chi connectivity index (χ3v) is 3.91. The Balaban J connectivity index is 2.72. The third kappa shape index (κ3) is 4.18. The van der Waals surface area contributed by atoms with Gasteiger partial charge in [-0.1, -0.05) is 20.8 Å². The van der Waals surface area contributed by atoms with Crippen LogP contribution in [0.25, 0.3) is 0 Å². The van der Waals surface area contributed by atoms with E-state index in [1.54, 1.807) is 13.2 Å². The Hall–Kier alpha value is -0.740. The first-order valence-corrected chi connectivity index (χ1v) is 7.29. The van der Waals surface area contributed by atoms with Gasteiger partial charge in [-0.3, -0.25) is 4.79 Å². The van der Waals surface area contributed by atoms with Gasteiger partial charge in [-0.2, -0.15) is 0 Å². The van der Waals surface area contributed by atoms with Gasteiger partial charge in [0.2, 0.25) is 0 Å². The summed E-state index contributed by atoms with van der Waals surface area (Å²) in [6.07, 6.45) is 0.763. The zero-order valence-corrected chi connectivity index (χ0v) is 12.8. The lowest BCUT2D eigenvalue weighted by Crippen LogP contribution is -2.43. The minimum Gasteiger partial charge on any atom is -0.496 e. The van der Waals surface area contributed by atoms with Gasteiger partial charge in [0, 0.05) is 23.4 Å². The number of carbonyl (C=O) groups excluding carboxylic acids is 1. The number of carbonyl (C=O) groups is 1. The maximum atomic E-state index is 12.1. The molecule has 1 heterocycles. The van der Waals surface area contributed by atoms with E-state index < -0.39 is 0 Å². The molecule has 0 radical (unpaired) electrons. The number of hydrogen-bond donors (Lipinski definition) is 1. The van der Waals surface area contributed by atoms with Gasteiger partial charge in [0.1, 0.15) is 5.75 Å². The van der Waals surface area contributed by atoms with Gasteiger partial charge < -0.3 is 10.1 Å². The molecule has 1 unspecified atom stereocenters. The number of alkyl halides is 1. The highest BCUT2D eigenvalue weighted by Gasteiger charge is 2.26. The molecule has 0 aliphatic carbocycles. The second-order valence-corrected chi connectivity index (χ2v) is 6.51. The van der Waals surface area contributed by atoms with E-state index in [0.717, 1.165) is 12.2 Å². The van der Waals surface area contributed by atoms with Gasteiger partial charge >= 0.3 is 0 Å². The number of hydrogen-bond acceptors (Lipinski definition) is 3. The van der Waals surface area contributed by atoms with Crippen molar-refractivity contribution >= 4 is 28.8 Å². The maximum absolute atomic E-state index is 12.1. The van der Waals surface area contributed by atoms with E-state index in [1.165, 1.54) is 11.3 Å². The Morgan fingerprint density at radius 1 is 1.56 bits per heavy atom. The summed E-state index contributed by atoms with van der Waals surface area (Å²) in [7, 11) is 1.59. The molecule has 0 fully saturated rings. The standard InChI is InChI=1S/C13H20ClNO2S/c1-13(2,3)11(5-6-14)15-12(16)10-7-9(17-4)8-18-10/h7-8,11H,5-6H2,1-4H3,(H,15,16). The molecule has 1 amide bonds. The van der Waals surface area contributed by atoms with Gasteiger partial charge in [0.15, 0.2) is 0 Å². The summed E-state index contributed by atoms with van der Waals surface area (Å²) in [5.41, 5.74) is -0.00804. The lowest BCUT2D eigenvalue weighted by molar-refractivity contribution is 0.0904. The van der Waals surface area contributed by atoms with Crippen LogP contribution in [0.3, 0.4) is 0 Å². The topological polar surface area (TPSA) is 38.3 Å². The summed E-state index contributed by atoms with van der Waals surface area (Å²) in [4.78, 5) is 12.8. The Morgan fingerprint density at radius 2 is 2.22 bits per heavy atom. The highest BCUT2D eigenvalue weighted by molar-refractivity contribution is 7.12. The Kier molecular flexibility index (Phi) is 5.47. The van der Waals surface area contributed by atoms with E-state index in [2.05, 4.69) is 26.1 Å². The van der Waals surface area contributed by atoms with Crippen LogP contribution in [-0.2, 0) is 0 Å². The summed E-state index contributed by atoms with van der Waals surface area (Å²) < 4.78 is 5.07. The Labute approximate surface area is 117 Å². The molecule has 102 valence electrons. The van der Waals surface area contributed by atoms with Crippen LogP contribution in [0.1, 0.15) is 36.9 Å². The predicted molar refractivity (Wildman–Crippen MR) is 76.9 cm³/mol. The van der Waals surface area contributed by atoms with Crippen molar-refractivity contribution in [2.24, 2.45) is 5.41 Å². The van der Waals surface area contributed by atoms with Crippen molar-refractivity contribution < 1.29 is 9.53 Å². The molecule has 1 rings (SSSR count). The van der Waals surface area contributed by atoms with Crippen molar-refractivity contribution in [2.45, 2.75) is 33.2 Å². The van der Waals surface area contributed by atoms with E-state index in [-0.39, 0.29) is 17.4 Å². The first-order chi connectivity index (χ1) is 8.38. The number of halogens is 1. The fourth-order valence-corrected chi connectivity index (χ4v) is 2.58. The minimum atomic E-state index is -0.0617.